The van der Waals surface area contributed by atoms with Gasteiger partial charge in [0, 0.05) is 24.8 Å². The minimum atomic E-state index is -0.219. The van der Waals surface area contributed by atoms with Crippen LogP contribution in [-0.2, 0) is 4.79 Å². The predicted molar refractivity (Wildman–Crippen MR) is 96.2 cm³/mol. The summed E-state index contributed by atoms with van der Waals surface area (Å²) in [6.45, 7) is 0.970. The van der Waals surface area contributed by atoms with Crippen molar-refractivity contribution in [3.63, 3.8) is 0 Å². The number of benzene rings is 1. The second kappa shape index (κ2) is 6.95. The van der Waals surface area contributed by atoms with Crippen molar-refractivity contribution < 1.29 is 9.59 Å². The Balaban J connectivity index is 1.48. The van der Waals surface area contributed by atoms with Gasteiger partial charge < -0.3 is 15.5 Å². The van der Waals surface area contributed by atoms with Gasteiger partial charge in [-0.1, -0.05) is 18.0 Å². The van der Waals surface area contributed by atoms with E-state index >= 15 is 0 Å². The van der Waals surface area contributed by atoms with E-state index in [2.05, 4.69) is 20.7 Å². The van der Waals surface area contributed by atoms with Gasteiger partial charge in [-0.2, -0.15) is 5.10 Å². The third kappa shape index (κ3) is 3.37. The van der Waals surface area contributed by atoms with E-state index in [9.17, 15) is 9.59 Å². The van der Waals surface area contributed by atoms with Crippen LogP contribution in [0.2, 0.25) is 5.02 Å². The van der Waals surface area contributed by atoms with E-state index in [0.29, 0.717) is 29.5 Å². The third-order valence-electron chi connectivity index (χ3n) is 4.86. The quantitative estimate of drug-likeness (QED) is 0.841. The number of carbonyl (C=O) groups is 2. The van der Waals surface area contributed by atoms with Crippen LogP contribution in [0.4, 0.5) is 10.5 Å². The lowest BCUT2D eigenvalue weighted by Gasteiger charge is -2.27. The smallest absolute Gasteiger partial charge is 0.321 e. The Hall–Kier alpha value is -2.61. The molecule has 2 fully saturated rings. The number of aromatic nitrogens is 3. The van der Waals surface area contributed by atoms with Crippen molar-refractivity contribution in [2.24, 2.45) is 5.92 Å². The first-order valence-electron chi connectivity index (χ1n) is 8.61. The number of fused-ring (bicyclic) bond motifs is 3. The zero-order valence-electron chi connectivity index (χ0n) is 14.1. The standard InChI is InChI=1S/C17H19ClN6O2/c18-14-6-12(4-5-15(14)24-10-19-9-20-24)22-17(26)23-7-11-2-1-3-13(8-23)21-16(11)25/h4-6,9-11,13H,1-3,7-8H2,(H,21,25)(H,22,26)/t11-,13+/m1/s1. The maximum atomic E-state index is 12.7. The van der Waals surface area contributed by atoms with Gasteiger partial charge in [-0.3, -0.25) is 4.79 Å². The normalized spacial score (nSPS) is 22.5. The molecule has 1 aromatic heterocycles. The lowest BCUT2D eigenvalue weighted by molar-refractivity contribution is -0.124. The second-order valence-electron chi connectivity index (χ2n) is 6.67. The number of rotatable bonds is 2. The van der Waals surface area contributed by atoms with Crippen LogP contribution in [0.25, 0.3) is 5.69 Å². The van der Waals surface area contributed by atoms with E-state index in [-0.39, 0.29) is 23.9 Å². The largest absolute Gasteiger partial charge is 0.351 e. The Kier molecular flexibility index (Phi) is 4.50. The highest BCUT2D eigenvalue weighted by atomic mass is 35.5. The molecule has 2 N–H and O–H groups in total. The number of nitrogens with zero attached hydrogens (tertiary/aromatic N) is 4. The van der Waals surface area contributed by atoms with Gasteiger partial charge in [0.05, 0.1) is 16.6 Å². The van der Waals surface area contributed by atoms with Gasteiger partial charge >= 0.3 is 6.03 Å². The highest BCUT2D eigenvalue weighted by Crippen LogP contribution is 2.25. The molecule has 2 aliphatic heterocycles. The highest BCUT2D eigenvalue weighted by molar-refractivity contribution is 6.32. The molecule has 3 heterocycles. The molecule has 9 heteroatoms. The minimum absolute atomic E-state index is 0.0269. The van der Waals surface area contributed by atoms with Crippen LogP contribution < -0.4 is 10.6 Å². The monoisotopic (exact) mass is 374 g/mol. The lowest BCUT2D eigenvalue weighted by atomic mass is 9.99. The number of likely N-dealkylation sites (tertiary alicyclic amines) is 1. The van der Waals surface area contributed by atoms with Crippen LogP contribution in [0.3, 0.4) is 0 Å². The Morgan fingerprint density at radius 1 is 1.31 bits per heavy atom. The van der Waals surface area contributed by atoms with E-state index in [1.807, 2.05) is 0 Å². The predicted octanol–water partition coefficient (Wildman–Crippen LogP) is 2.05. The van der Waals surface area contributed by atoms with Crippen molar-refractivity contribution in [2.75, 3.05) is 18.4 Å². The van der Waals surface area contributed by atoms with Crippen LogP contribution in [0.1, 0.15) is 19.3 Å². The summed E-state index contributed by atoms with van der Waals surface area (Å²) >= 11 is 6.31. The van der Waals surface area contributed by atoms with Crippen LogP contribution in [-0.4, -0.2) is 50.7 Å². The lowest BCUT2D eigenvalue weighted by Crippen LogP contribution is -2.43. The van der Waals surface area contributed by atoms with E-state index < -0.39 is 0 Å². The van der Waals surface area contributed by atoms with Crippen molar-refractivity contribution in [1.82, 2.24) is 25.0 Å². The van der Waals surface area contributed by atoms with Crippen molar-refractivity contribution in [3.05, 3.63) is 35.9 Å². The minimum Gasteiger partial charge on any atom is -0.351 e. The average Bonchev–Trinajstić information content (AvgIpc) is 2.99. The van der Waals surface area contributed by atoms with Gasteiger partial charge in [0.15, 0.2) is 0 Å². The van der Waals surface area contributed by atoms with Crippen molar-refractivity contribution in [2.45, 2.75) is 25.3 Å². The van der Waals surface area contributed by atoms with Gasteiger partial charge in [0.2, 0.25) is 5.91 Å². The third-order valence-corrected chi connectivity index (χ3v) is 5.16. The number of hydrogen-bond acceptors (Lipinski definition) is 4. The summed E-state index contributed by atoms with van der Waals surface area (Å²) < 4.78 is 1.56. The van der Waals surface area contributed by atoms with Crippen molar-refractivity contribution in [1.29, 1.82) is 0 Å². The molecular weight excluding hydrogens is 356 g/mol. The molecule has 0 radical (unpaired) electrons. The fourth-order valence-corrected chi connectivity index (χ4v) is 3.79. The first-order valence-corrected chi connectivity index (χ1v) is 8.99. The van der Waals surface area contributed by atoms with Gasteiger partial charge in [0.1, 0.15) is 12.7 Å². The molecule has 2 saturated heterocycles. The summed E-state index contributed by atoms with van der Waals surface area (Å²) in [5.41, 5.74) is 1.28. The topological polar surface area (TPSA) is 92.2 Å². The number of nitrogens with one attached hydrogen (secondary N) is 2. The van der Waals surface area contributed by atoms with Gasteiger partial charge in [-0.25, -0.2) is 14.5 Å². The Morgan fingerprint density at radius 3 is 2.96 bits per heavy atom. The number of anilines is 1. The molecule has 26 heavy (non-hydrogen) atoms. The molecule has 3 amide bonds. The summed E-state index contributed by atoms with van der Waals surface area (Å²) in [4.78, 5) is 30.4. The molecule has 8 nitrogen and oxygen atoms in total. The summed E-state index contributed by atoms with van der Waals surface area (Å²) in [5.74, 6) is -0.0745. The molecule has 2 aromatic rings. The van der Waals surface area contributed by atoms with E-state index in [0.717, 1.165) is 19.3 Å². The Morgan fingerprint density at radius 2 is 2.19 bits per heavy atom. The van der Waals surface area contributed by atoms with Gasteiger partial charge in [-0.15, -0.1) is 0 Å². The zero-order chi connectivity index (χ0) is 18.1. The molecule has 136 valence electrons. The number of amides is 3. The Bertz CT molecular complexity index is 825. The number of halogens is 1. The van der Waals surface area contributed by atoms with Gasteiger partial charge in [0.25, 0.3) is 0 Å². The van der Waals surface area contributed by atoms with Crippen LogP contribution in [0.15, 0.2) is 30.9 Å². The Labute approximate surface area is 155 Å². The van der Waals surface area contributed by atoms with E-state index in [1.54, 1.807) is 34.1 Å². The maximum Gasteiger partial charge on any atom is 0.321 e. The molecule has 2 aliphatic rings. The highest BCUT2D eigenvalue weighted by Gasteiger charge is 2.34. The number of carbonyl (C=O) groups excluding carboxylic acids is 2. The number of hydrogen-bond donors (Lipinski definition) is 2. The molecule has 0 saturated carbocycles. The second-order valence-corrected chi connectivity index (χ2v) is 7.08. The molecule has 4 rings (SSSR count). The van der Waals surface area contributed by atoms with Crippen LogP contribution in [0, 0.1) is 5.92 Å². The van der Waals surface area contributed by atoms with Crippen molar-refractivity contribution in [3.8, 4) is 5.69 Å². The summed E-state index contributed by atoms with van der Waals surface area (Å²) in [5, 5.41) is 10.4. The fourth-order valence-electron chi connectivity index (χ4n) is 3.52. The molecule has 0 unspecified atom stereocenters. The molecule has 2 bridgehead atoms. The van der Waals surface area contributed by atoms with E-state index in [4.69, 9.17) is 11.6 Å². The molecule has 1 aromatic carbocycles. The van der Waals surface area contributed by atoms with Crippen LogP contribution >= 0.6 is 11.6 Å². The molecule has 2 atom stereocenters. The SMILES string of the molecule is O=C1N[C@H]2CCC[C@@H]1CN(C(=O)Nc1ccc(-n3cncn3)c(Cl)c1)C2. The summed E-state index contributed by atoms with van der Waals surface area (Å²) in [7, 11) is 0. The first-order chi connectivity index (χ1) is 12.6. The first kappa shape index (κ1) is 16.8. The zero-order valence-corrected chi connectivity index (χ0v) is 14.8. The summed E-state index contributed by atoms with van der Waals surface area (Å²) in [6, 6.07) is 5.03. The molecule has 0 spiro atoms. The van der Waals surface area contributed by atoms with Gasteiger partial charge in [-0.05, 0) is 31.0 Å². The molecule has 0 aliphatic carbocycles. The maximum absolute atomic E-state index is 12.7. The average molecular weight is 375 g/mol. The van der Waals surface area contributed by atoms with E-state index in [1.165, 1.54) is 6.33 Å². The number of urea groups is 1. The fraction of sp³-hybridized carbons (Fsp3) is 0.412. The summed E-state index contributed by atoms with van der Waals surface area (Å²) in [6.07, 6.45) is 5.73. The molecular formula is C17H19ClN6O2. The van der Waals surface area contributed by atoms with Crippen LogP contribution in [0.5, 0.6) is 0 Å². The van der Waals surface area contributed by atoms with Crippen molar-refractivity contribution >= 4 is 29.2 Å².